The Bertz CT molecular complexity index is 944. The third-order valence-corrected chi connectivity index (χ3v) is 3.83. The van der Waals surface area contributed by atoms with Crippen LogP contribution in [-0.4, -0.2) is 32.7 Å². The average molecular weight is 380 g/mol. The molecule has 1 amide bonds. The van der Waals surface area contributed by atoms with Crippen LogP contribution in [0.5, 0.6) is 11.5 Å². The van der Waals surface area contributed by atoms with Crippen molar-refractivity contribution in [3.63, 3.8) is 0 Å². The zero-order chi connectivity index (χ0) is 20.5. The molecule has 0 spiro atoms. The van der Waals surface area contributed by atoms with E-state index in [2.05, 4.69) is 10.1 Å². The van der Waals surface area contributed by atoms with E-state index >= 15 is 0 Å². The van der Waals surface area contributed by atoms with Crippen molar-refractivity contribution in [2.75, 3.05) is 26.1 Å². The Morgan fingerprint density at radius 1 is 1.14 bits per heavy atom. The number of esters is 1. The second-order valence-electron chi connectivity index (χ2n) is 5.71. The average Bonchev–Trinajstić information content (AvgIpc) is 2.71. The lowest BCUT2D eigenvalue weighted by molar-refractivity contribution is -0.142. The number of benzene rings is 2. The number of anilines is 1. The Kier molecular flexibility index (Phi) is 7.17. The Hall–Kier alpha value is -3.79. The molecule has 2 rings (SSSR count). The highest BCUT2D eigenvalue weighted by Crippen LogP contribution is 2.29. The number of carbonyl (C=O) groups excluding carboxylic acids is 2. The van der Waals surface area contributed by atoms with Gasteiger partial charge in [0.15, 0.2) is 18.1 Å². The number of para-hydroxylation sites is 1. The van der Waals surface area contributed by atoms with Crippen LogP contribution in [0, 0.1) is 18.3 Å². The van der Waals surface area contributed by atoms with Crippen LogP contribution in [-0.2, 0) is 14.3 Å². The zero-order valence-electron chi connectivity index (χ0n) is 15.8. The van der Waals surface area contributed by atoms with Crippen LogP contribution in [0.15, 0.2) is 48.0 Å². The van der Waals surface area contributed by atoms with E-state index in [0.717, 1.165) is 5.56 Å². The van der Waals surface area contributed by atoms with E-state index in [9.17, 15) is 14.9 Å². The van der Waals surface area contributed by atoms with Gasteiger partial charge in [0.2, 0.25) is 0 Å². The third kappa shape index (κ3) is 5.35. The van der Waals surface area contributed by atoms with Crippen LogP contribution in [0.2, 0.25) is 0 Å². The molecule has 0 aromatic heterocycles. The number of amides is 1. The molecule has 7 nitrogen and oxygen atoms in total. The molecule has 0 aliphatic carbocycles. The van der Waals surface area contributed by atoms with Gasteiger partial charge in [-0.05, 0) is 42.3 Å². The normalized spacial score (nSPS) is 10.6. The number of ether oxygens (including phenoxy) is 3. The zero-order valence-corrected chi connectivity index (χ0v) is 15.8. The summed E-state index contributed by atoms with van der Waals surface area (Å²) < 4.78 is 15.1. The highest BCUT2D eigenvalue weighted by Gasteiger charge is 2.12. The Morgan fingerprint density at radius 3 is 2.54 bits per heavy atom. The minimum atomic E-state index is -0.523. The molecule has 0 bridgehead atoms. The molecule has 0 saturated carbocycles. The standard InChI is InChI=1S/C21H20N2O5/c1-14-6-4-5-7-17(14)23-21(25)16(12-22)10-15-8-9-18(19(11-15)26-2)28-13-20(24)27-3/h4-11H,13H2,1-3H3,(H,23,25)/b16-10-. The lowest BCUT2D eigenvalue weighted by Gasteiger charge is -2.11. The Morgan fingerprint density at radius 2 is 1.89 bits per heavy atom. The topological polar surface area (TPSA) is 97.7 Å². The van der Waals surface area contributed by atoms with Crippen molar-refractivity contribution in [1.82, 2.24) is 0 Å². The number of rotatable bonds is 7. The summed E-state index contributed by atoms with van der Waals surface area (Å²) in [6.45, 7) is 1.60. The number of hydrogen-bond donors (Lipinski definition) is 1. The van der Waals surface area contributed by atoms with Crippen molar-refractivity contribution < 1.29 is 23.8 Å². The van der Waals surface area contributed by atoms with Crippen molar-refractivity contribution in [2.45, 2.75) is 6.92 Å². The summed E-state index contributed by atoms with van der Waals surface area (Å²) in [5, 5.41) is 12.1. The predicted molar refractivity (Wildman–Crippen MR) is 104 cm³/mol. The number of hydrogen-bond acceptors (Lipinski definition) is 6. The lowest BCUT2D eigenvalue weighted by atomic mass is 10.1. The van der Waals surface area contributed by atoms with Crippen LogP contribution in [0.1, 0.15) is 11.1 Å². The maximum absolute atomic E-state index is 12.4. The molecule has 144 valence electrons. The highest BCUT2D eigenvalue weighted by molar-refractivity contribution is 6.10. The number of nitrogens with zero attached hydrogens (tertiary/aromatic N) is 1. The van der Waals surface area contributed by atoms with Crippen molar-refractivity contribution in [3.8, 4) is 17.6 Å². The fourth-order valence-corrected chi connectivity index (χ4v) is 2.31. The number of carbonyl (C=O) groups is 2. The van der Waals surface area contributed by atoms with E-state index < -0.39 is 11.9 Å². The molecular formula is C21H20N2O5. The first kappa shape index (κ1) is 20.5. The maximum Gasteiger partial charge on any atom is 0.343 e. The fraction of sp³-hybridized carbons (Fsp3) is 0.190. The molecule has 0 saturated heterocycles. The van der Waals surface area contributed by atoms with Gasteiger partial charge in [-0.3, -0.25) is 4.79 Å². The van der Waals surface area contributed by atoms with Crippen molar-refractivity contribution in [2.24, 2.45) is 0 Å². The molecule has 0 unspecified atom stereocenters. The quantitative estimate of drug-likeness (QED) is 0.450. The van der Waals surface area contributed by atoms with Gasteiger partial charge in [-0.1, -0.05) is 24.3 Å². The summed E-state index contributed by atoms with van der Waals surface area (Å²) in [4.78, 5) is 23.6. The molecular weight excluding hydrogens is 360 g/mol. The summed E-state index contributed by atoms with van der Waals surface area (Å²) >= 11 is 0. The Labute approximate surface area is 163 Å². The summed E-state index contributed by atoms with van der Waals surface area (Å²) in [6.07, 6.45) is 1.44. The molecule has 2 aromatic carbocycles. The van der Waals surface area contributed by atoms with Crippen LogP contribution in [0.3, 0.4) is 0 Å². The van der Waals surface area contributed by atoms with Crippen molar-refractivity contribution in [1.29, 1.82) is 5.26 Å². The fourth-order valence-electron chi connectivity index (χ4n) is 2.31. The van der Waals surface area contributed by atoms with E-state index in [1.54, 1.807) is 30.3 Å². The van der Waals surface area contributed by atoms with E-state index in [4.69, 9.17) is 9.47 Å². The van der Waals surface area contributed by atoms with Crippen LogP contribution >= 0.6 is 0 Å². The number of nitriles is 1. The number of aryl methyl sites for hydroxylation is 1. The van der Waals surface area contributed by atoms with Crippen LogP contribution in [0.25, 0.3) is 6.08 Å². The predicted octanol–water partition coefficient (Wildman–Crippen LogP) is 3.10. The summed E-state index contributed by atoms with van der Waals surface area (Å²) in [5.41, 5.74) is 2.03. The molecule has 0 aliphatic rings. The van der Waals surface area contributed by atoms with Gasteiger partial charge in [0.25, 0.3) is 5.91 Å². The van der Waals surface area contributed by atoms with E-state index in [1.807, 2.05) is 25.1 Å². The van der Waals surface area contributed by atoms with E-state index in [-0.39, 0.29) is 12.2 Å². The van der Waals surface area contributed by atoms with Crippen LogP contribution in [0.4, 0.5) is 5.69 Å². The Balaban J connectivity index is 2.21. The molecule has 2 aromatic rings. The van der Waals surface area contributed by atoms with Gasteiger partial charge in [-0.25, -0.2) is 4.79 Å². The van der Waals surface area contributed by atoms with Gasteiger partial charge in [0, 0.05) is 5.69 Å². The number of nitrogens with one attached hydrogen (secondary N) is 1. The third-order valence-electron chi connectivity index (χ3n) is 3.83. The molecule has 7 heteroatoms. The van der Waals surface area contributed by atoms with Gasteiger partial charge in [0.1, 0.15) is 11.6 Å². The minimum absolute atomic E-state index is 0.0615. The van der Waals surface area contributed by atoms with Crippen molar-refractivity contribution >= 4 is 23.6 Å². The monoisotopic (exact) mass is 380 g/mol. The summed E-state index contributed by atoms with van der Waals surface area (Å²) in [6, 6.07) is 14.0. The van der Waals surface area contributed by atoms with Crippen LogP contribution < -0.4 is 14.8 Å². The first-order chi connectivity index (χ1) is 13.5. The van der Waals surface area contributed by atoms with Crippen molar-refractivity contribution in [3.05, 3.63) is 59.2 Å². The molecule has 0 heterocycles. The lowest BCUT2D eigenvalue weighted by Crippen LogP contribution is -2.14. The van der Waals surface area contributed by atoms with E-state index in [0.29, 0.717) is 22.7 Å². The van der Waals surface area contributed by atoms with E-state index in [1.165, 1.54) is 20.3 Å². The first-order valence-corrected chi connectivity index (χ1v) is 8.35. The van der Waals surface area contributed by atoms with Gasteiger partial charge in [-0.15, -0.1) is 0 Å². The summed E-state index contributed by atoms with van der Waals surface area (Å²) in [7, 11) is 2.71. The van der Waals surface area contributed by atoms with Gasteiger partial charge >= 0.3 is 5.97 Å². The molecule has 1 N–H and O–H groups in total. The second kappa shape index (κ2) is 9.78. The number of methoxy groups -OCH3 is 2. The molecule has 0 aliphatic heterocycles. The molecule has 0 fully saturated rings. The molecule has 0 atom stereocenters. The molecule has 0 radical (unpaired) electrons. The minimum Gasteiger partial charge on any atom is -0.493 e. The molecule has 28 heavy (non-hydrogen) atoms. The second-order valence-corrected chi connectivity index (χ2v) is 5.71. The van der Waals surface area contributed by atoms with Gasteiger partial charge in [-0.2, -0.15) is 5.26 Å². The SMILES string of the molecule is COC(=O)COc1ccc(/C=C(/C#N)C(=O)Nc2ccccc2C)cc1OC. The largest absolute Gasteiger partial charge is 0.493 e. The smallest absolute Gasteiger partial charge is 0.343 e. The maximum atomic E-state index is 12.4. The van der Waals surface area contributed by atoms with Gasteiger partial charge < -0.3 is 19.5 Å². The first-order valence-electron chi connectivity index (χ1n) is 8.35. The highest BCUT2D eigenvalue weighted by atomic mass is 16.6. The van der Waals surface area contributed by atoms with Gasteiger partial charge in [0.05, 0.1) is 14.2 Å². The summed E-state index contributed by atoms with van der Waals surface area (Å²) in [5.74, 6) is -0.338.